The highest BCUT2D eigenvalue weighted by Crippen LogP contribution is 2.34. The molecule has 1 saturated carbocycles. The van der Waals surface area contributed by atoms with Crippen molar-refractivity contribution in [3.8, 4) is 0 Å². The van der Waals surface area contributed by atoms with Gasteiger partial charge in [0.15, 0.2) is 11.6 Å². The minimum absolute atomic E-state index is 0.172. The Morgan fingerprint density at radius 2 is 1.89 bits per heavy atom. The van der Waals surface area contributed by atoms with E-state index in [1.165, 1.54) is 32.1 Å². The average molecular weight is 318 g/mol. The van der Waals surface area contributed by atoms with Crippen LogP contribution >= 0.6 is 15.9 Å². The minimum Gasteiger partial charge on any atom is -0.324 e. The van der Waals surface area contributed by atoms with Gasteiger partial charge in [0, 0.05) is 6.04 Å². The Hall–Kier alpha value is -0.480. The molecule has 0 aliphatic heterocycles. The fourth-order valence-electron chi connectivity index (χ4n) is 2.74. The summed E-state index contributed by atoms with van der Waals surface area (Å²) < 4.78 is 26.7. The maximum absolute atomic E-state index is 13.5. The summed E-state index contributed by atoms with van der Waals surface area (Å²) in [5.41, 5.74) is 6.79. The molecular formula is C14H18BrF2N. The zero-order valence-corrected chi connectivity index (χ0v) is 11.8. The quantitative estimate of drug-likeness (QED) is 0.803. The highest BCUT2D eigenvalue weighted by Gasteiger charge is 2.21. The molecule has 0 saturated heterocycles. The second-order valence-corrected chi connectivity index (χ2v) is 5.90. The molecule has 100 valence electrons. The molecule has 2 rings (SSSR count). The topological polar surface area (TPSA) is 26.0 Å². The lowest BCUT2D eigenvalue weighted by Crippen LogP contribution is -2.18. The van der Waals surface area contributed by atoms with E-state index in [1.807, 2.05) is 0 Å². The smallest absolute Gasteiger partial charge is 0.173 e. The molecule has 1 aromatic carbocycles. The Morgan fingerprint density at radius 3 is 2.56 bits per heavy atom. The van der Waals surface area contributed by atoms with Crippen molar-refractivity contribution in [3.05, 3.63) is 33.8 Å². The molecule has 1 atom stereocenters. The van der Waals surface area contributed by atoms with Crippen LogP contribution in [-0.2, 0) is 0 Å². The molecule has 2 N–H and O–H groups in total. The van der Waals surface area contributed by atoms with Gasteiger partial charge < -0.3 is 5.73 Å². The lowest BCUT2D eigenvalue weighted by Gasteiger charge is -2.25. The third kappa shape index (κ3) is 3.09. The first kappa shape index (κ1) is 13.9. The third-order valence-corrected chi connectivity index (χ3v) is 4.58. The molecule has 1 aromatic rings. The lowest BCUT2D eigenvalue weighted by atomic mass is 9.83. The minimum atomic E-state index is -0.841. The molecule has 1 aliphatic carbocycles. The van der Waals surface area contributed by atoms with Crippen molar-refractivity contribution in [2.24, 2.45) is 11.7 Å². The molecule has 0 aromatic heterocycles. The van der Waals surface area contributed by atoms with Gasteiger partial charge in [-0.15, -0.1) is 0 Å². The van der Waals surface area contributed by atoms with E-state index in [9.17, 15) is 8.78 Å². The van der Waals surface area contributed by atoms with Crippen molar-refractivity contribution in [1.29, 1.82) is 0 Å². The molecule has 1 fully saturated rings. The van der Waals surface area contributed by atoms with Crippen molar-refractivity contribution >= 4 is 15.9 Å². The second kappa shape index (κ2) is 6.11. The number of rotatable bonds is 3. The number of halogens is 3. The van der Waals surface area contributed by atoms with Crippen LogP contribution in [0.4, 0.5) is 8.78 Å². The maximum Gasteiger partial charge on any atom is 0.173 e. The van der Waals surface area contributed by atoms with Crippen LogP contribution in [0.1, 0.15) is 50.1 Å². The Morgan fingerprint density at radius 1 is 1.22 bits per heavy atom. The molecule has 1 unspecified atom stereocenters. The van der Waals surface area contributed by atoms with Crippen LogP contribution in [0.15, 0.2) is 16.6 Å². The van der Waals surface area contributed by atoms with Crippen molar-refractivity contribution in [1.82, 2.24) is 0 Å². The second-order valence-electron chi connectivity index (χ2n) is 5.11. The van der Waals surface area contributed by atoms with Crippen molar-refractivity contribution in [2.45, 2.75) is 44.6 Å². The predicted octanol–water partition coefficient (Wildman–Crippen LogP) is 4.70. The molecule has 0 radical (unpaired) electrons. The molecule has 0 amide bonds. The van der Waals surface area contributed by atoms with Crippen LogP contribution in [0, 0.1) is 17.6 Å². The van der Waals surface area contributed by atoms with E-state index in [4.69, 9.17) is 5.73 Å². The van der Waals surface area contributed by atoms with Crippen LogP contribution in [0.25, 0.3) is 0 Å². The fourth-order valence-corrected chi connectivity index (χ4v) is 3.35. The van der Waals surface area contributed by atoms with Gasteiger partial charge in [-0.2, -0.15) is 0 Å². The third-order valence-electron chi connectivity index (χ3n) is 3.78. The van der Waals surface area contributed by atoms with E-state index in [0.717, 1.165) is 12.5 Å². The number of nitrogens with two attached hydrogens (primary N) is 1. The first-order chi connectivity index (χ1) is 8.59. The summed E-state index contributed by atoms with van der Waals surface area (Å²) in [5.74, 6) is -1.06. The van der Waals surface area contributed by atoms with Gasteiger partial charge in [-0.3, -0.25) is 0 Å². The lowest BCUT2D eigenvalue weighted by molar-refractivity contribution is 0.318. The van der Waals surface area contributed by atoms with Gasteiger partial charge in [-0.25, -0.2) is 8.78 Å². The highest BCUT2D eigenvalue weighted by molar-refractivity contribution is 9.10. The average Bonchev–Trinajstić information content (AvgIpc) is 2.37. The van der Waals surface area contributed by atoms with Crippen LogP contribution in [0.5, 0.6) is 0 Å². The molecule has 4 heteroatoms. The van der Waals surface area contributed by atoms with E-state index >= 15 is 0 Å². The van der Waals surface area contributed by atoms with Crippen LogP contribution in [-0.4, -0.2) is 0 Å². The summed E-state index contributed by atoms with van der Waals surface area (Å²) in [5, 5.41) is 0. The van der Waals surface area contributed by atoms with E-state index < -0.39 is 11.6 Å². The molecule has 0 heterocycles. The number of hydrogen-bond acceptors (Lipinski definition) is 1. The monoisotopic (exact) mass is 317 g/mol. The zero-order chi connectivity index (χ0) is 13.1. The first-order valence-electron chi connectivity index (χ1n) is 6.48. The predicted molar refractivity (Wildman–Crippen MR) is 72.2 cm³/mol. The summed E-state index contributed by atoms with van der Waals surface area (Å²) in [6.07, 6.45) is 7.08. The Kier molecular flexibility index (Phi) is 4.73. The molecule has 18 heavy (non-hydrogen) atoms. The van der Waals surface area contributed by atoms with Gasteiger partial charge >= 0.3 is 0 Å². The maximum atomic E-state index is 13.5. The van der Waals surface area contributed by atoms with Gasteiger partial charge in [-0.1, -0.05) is 38.2 Å². The standard InChI is InChI=1S/C14H18BrF2N/c15-13-10(6-7-11(16)14(13)17)12(18)8-9-4-2-1-3-5-9/h6-7,9,12H,1-5,8,18H2. The highest BCUT2D eigenvalue weighted by atomic mass is 79.9. The van der Waals surface area contributed by atoms with E-state index in [2.05, 4.69) is 15.9 Å². The number of hydrogen-bond donors (Lipinski definition) is 1. The number of benzene rings is 1. The van der Waals surface area contributed by atoms with E-state index in [0.29, 0.717) is 11.5 Å². The Bertz CT molecular complexity index is 417. The van der Waals surface area contributed by atoms with Gasteiger partial charge in [0.05, 0.1) is 4.47 Å². The van der Waals surface area contributed by atoms with Gasteiger partial charge in [0.25, 0.3) is 0 Å². The van der Waals surface area contributed by atoms with Crippen LogP contribution in [0.2, 0.25) is 0 Å². The molecule has 0 spiro atoms. The van der Waals surface area contributed by atoms with Crippen LogP contribution < -0.4 is 5.73 Å². The summed E-state index contributed by atoms with van der Waals surface area (Å²) >= 11 is 3.10. The molecule has 0 bridgehead atoms. The summed E-state index contributed by atoms with van der Waals surface area (Å²) in [4.78, 5) is 0. The summed E-state index contributed by atoms with van der Waals surface area (Å²) in [6, 6.07) is 2.50. The first-order valence-corrected chi connectivity index (χ1v) is 7.28. The molecular weight excluding hydrogens is 300 g/mol. The van der Waals surface area contributed by atoms with Gasteiger partial charge in [-0.05, 0) is 39.9 Å². The Balaban J connectivity index is 2.08. The summed E-state index contributed by atoms with van der Waals surface area (Å²) in [7, 11) is 0. The fraction of sp³-hybridized carbons (Fsp3) is 0.571. The Labute approximate surface area is 115 Å². The van der Waals surface area contributed by atoms with Gasteiger partial charge in [0.2, 0.25) is 0 Å². The van der Waals surface area contributed by atoms with Crippen molar-refractivity contribution in [3.63, 3.8) is 0 Å². The van der Waals surface area contributed by atoms with E-state index in [1.54, 1.807) is 6.07 Å². The zero-order valence-electron chi connectivity index (χ0n) is 10.3. The largest absolute Gasteiger partial charge is 0.324 e. The molecule has 1 aliphatic rings. The van der Waals surface area contributed by atoms with Crippen molar-refractivity contribution in [2.75, 3.05) is 0 Å². The van der Waals surface area contributed by atoms with Crippen molar-refractivity contribution < 1.29 is 8.78 Å². The van der Waals surface area contributed by atoms with Crippen LogP contribution in [0.3, 0.4) is 0 Å². The summed E-state index contributed by atoms with van der Waals surface area (Å²) in [6.45, 7) is 0. The van der Waals surface area contributed by atoms with E-state index in [-0.39, 0.29) is 10.5 Å². The molecule has 1 nitrogen and oxygen atoms in total. The SMILES string of the molecule is NC(CC1CCCCC1)c1ccc(F)c(F)c1Br. The van der Waals surface area contributed by atoms with Gasteiger partial charge in [0.1, 0.15) is 0 Å². The normalized spacial score (nSPS) is 18.9.